The number of fused-ring (bicyclic) bond motifs is 1. The Morgan fingerprint density at radius 2 is 1.08 bits per heavy atom. The van der Waals surface area contributed by atoms with E-state index in [0.29, 0.717) is 24.5 Å². The fourth-order valence-electron chi connectivity index (χ4n) is 6.90. The van der Waals surface area contributed by atoms with Crippen molar-refractivity contribution in [3.8, 4) is 0 Å². The van der Waals surface area contributed by atoms with Gasteiger partial charge in [0.1, 0.15) is 11.3 Å². The molecule has 0 saturated carbocycles. The molecule has 9 nitrogen and oxygen atoms in total. The highest BCUT2D eigenvalue weighted by Gasteiger charge is 2.66. The summed E-state index contributed by atoms with van der Waals surface area (Å²) >= 11 is 0. The van der Waals surface area contributed by atoms with Crippen molar-refractivity contribution < 1.29 is 28.6 Å². The van der Waals surface area contributed by atoms with Crippen molar-refractivity contribution in [1.29, 1.82) is 0 Å². The van der Waals surface area contributed by atoms with Crippen LogP contribution in [0.3, 0.4) is 0 Å². The summed E-state index contributed by atoms with van der Waals surface area (Å²) in [6, 6.07) is 33.3. The zero-order valence-corrected chi connectivity index (χ0v) is 28.5. The van der Waals surface area contributed by atoms with Gasteiger partial charge in [-0.1, -0.05) is 90.0 Å². The van der Waals surface area contributed by atoms with E-state index in [-0.39, 0.29) is 16.8 Å². The summed E-state index contributed by atoms with van der Waals surface area (Å²) in [5.41, 5.74) is 5.13. The predicted molar refractivity (Wildman–Crippen MR) is 189 cm³/mol. The van der Waals surface area contributed by atoms with Gasteiger partial charge in [0, 0.05) is 18.8 Å². The third-order valence-electron chi connectivity index (χ3n) is 9.16. The van der Waals surface area contributed by atoms with Crippen LogP contribution >= 0.6 is 0 Å². The van der Waals surface area contributed by atoms with Gasteiger partial charge in [0.25, 0.3) is 0 Å². The molecule has 0 fully saturated rings. The molecule has 9 heteroatoms. The summed E-state index contributed by atoms with van der Waals surface area (Å²) in [6.45, 7) is 6.31. The quantitative estimate of drug-likeness (QED) is 0.118. The second-order valence-electron chi connectivity index (χ2n) is 12.1. The Hall–Kier alpha value is -5.83. The minimum absolute atomic E-state index is 0.0133. The third kappa shape index (κ3) is 5.51. The molecule has 2 aliphatic heterocycles. The van der Waals surface area contributed by atoms with Crippen LogP contribution in [-0.2, 0) is 41.7 Å². The predicted octanol–water partition coefficient (Wildman–Crippen LogP) is 6.59. The fourth-order valence-corrected chi connectivity index (χ4v) is 6.90. The molecule has 0 atom stereocenters. The van der Waals surface area contributed by atoms with Crippen LogP contribution in [0.25, 0.3) is 0 Å². The molecule has 0 aliphatic carbocycles. The number of carbonyl (C=O) groups excluding carboxylic acids is 3. The number of ether oxygens (including phenoxy) is 3. The zero-order valence-electron chi connectivity index (χ0n) is 28.5. The second kappa shape index (κ2) is 13.4. The lowest BCUT2D eigenvalue weighted by Gasteiger charge is -2.46. The average molecular weight is 658 g/mol. The molecule has 2 heterocycles. The minimum atomic E-state index is -1.61. The van der Waals surface area contributed by atoms with Gasteiger partial charge in [-0.3, -0.25) is 0 Å². The lowest BCUT2D eigenvalue weighted by Crippen LogP contribution is -2.61. The second-order valence-corrected chi connectivity index (χ2v) is 12.1. The third-order valence-corrected chi connectivity index (χ3v) is 9.16. The zero-order chi connectivity index (χ0) is 34.9. The monoisotopic (exact) mass is 657 g/mol. The molecule has 49 heavy (non-hydrogen) atoms. The largest absolute Gasteiger partial charge is 0.466 e. The number of nitrogens with zero attached hydrogens (tertiary/aromatic N) is 3. The van der Waals surface area contributed by atoms with Gasteiger partial charge in [-0.2, -0.15) is 0 Å². The van der Waals surface area contributed by atoms with E-state index in [9.17, 15) is 14.4 Å². The molecule has 0 N–H and O–H groups in total. The van der Waals surface area contributed by atoms with E-state index in [1.807, 2.05) is 117 Å². The van der Waals surface area contributed by atoms with Gasteiger partial charge >= 0.3 is 17.9 Å². The summed E-state index contributed by atoms with van der Waals surface area (Å²) < 4.78 is 16.3. The highest BCUT2D eigenvalue weighted by molar-refractivity contribution is 6.12. The van der Waals surface area contributed by atoms with Gasteiger partial charge < -0.3 is 28.9 Å². The van der Waals surface area contributed by atoms with Gasteiger partial charge in [0.15, 0.2) is 5.66 Å². The van der Waals surface area contributed by atoms with Crippen LogP contribution in [0.15, 0.2) is 126 Å². The molecule has 1 spiro atoms. The molecule has 4 aromatic rings. The van der Waals surface area contributed by atoms with Crippen molar-refractivity contribution in [2.24, 2.45) is 0 Å². The molecule has 0 saturated heterocycles. The smallest absolute Gasteiger partial charge is 0.355 e. The van der Waals surface area contributed by atoms with E-state index in [1.54, 1.807) is 11.8 Å². The number of hydrogen-bond donors (Lipinski definition) is 0. The summed E-state index contributed by atoms with van der Waals surface area (Å²) in [5, 5.41) is 0. The van der Waals surface area contributed by atoms with E-state index >= 15 is 0 Å². The number of benzene rings is 4. The minimum Gasteiger partial charge on any atom is -0.466 e. The Kier molecular flexibility index (Phi) is 9.01. The highest BCUT2D eigenvalue weighted by Crippen LogP contribution is 2.59. The molecule has 250 valence electrons. The molecule has 0 amide bonds. The normalized spacial score (nSPS) is 15.8. The first-order valence-electron chi connectivity index (χ1n) is 16.0. The molecule has 0 unspecified atom stereocenters. The standard InChI is InChI=1S/C40H39N3O6/c1-26-16-20-29(21-17-26)24-41-32-14-10-11-15-33(32)42(25-30-22-18-27(2)19-23-30)40(41)34(38(45)48-5)35(39(46)49-6)43(31-12-8-7-9-13-31)36(40)28(3)37(44)47-4/h7-23H,24-25H2,1-6H3. The van der Waals surface area contributed by atoms with E-state index < -0.39 is 23.6 Å². The number of hydrogen-bond acceptors (Lipinski definition) is 9. The van der Waals surface area contributed by atoms with E-state index in [0.717, 1.165) is 33.6 Å². The first-order chi connectivity index (χ1) is 23.7. The van der Waals surface area contributed by atoms with E-state index in [2.05, 4.69) is 9.80 Å². The maximum atomic E-state index is 14.5. The van der Waals surface area contributed by atoms with Gasteiger partial charge in [0.05, 0.1) is 44.0 Å². The molecular weight excluding hydrogens is 618 g/mol. The molecule has 0 radical (unpaired) electrons. The van der Waals surface area contributed by atoms with E-state index in [1.165, 1.54) is 21.3 Å². The van der Waals surface area contributed by atoms with Crippen molar-refractivity contribution in [1.82, 2.24) is 0 Å². The van der Waals surface area contributed by atoms with Crippen molar-refractivity contribution in [3.63, 3.8) is 0 Å². The van der Waals surface area contributed by atoms with Crippen LogP contribution in [0, 0.1) is 13.8 Å². The van der Waals surface area contributed by atoms with Crippen LogP contribution in [0.2, 0.25) is 0 Å². The number of carbonyl (C=O) groups is 3. The Morgan fingerprint density at radius 1 is 0.612 bits per heavy atom. The molecule has 4 aromatic carbocycles. The molecule has 2 aliphatic rings. The first kappa shape index (κ1) is 33.1. The molecular formula is C40H39N3O6. The number of esters is 3. The topological polar surface area (TPSA) is 88.6 Å². The van der Waals surface area contributed by atoms with Crippen LogP contribution in [-0.4, -0.2) is 44.9 Å². The van der Waals surface area contributed by atoms with Gasteiger partial charge in [0.2, 0.25) is 0 Å². The van der Waals surface area contributed by atoms with Gasteiger partial charge in [-0.05, 0) is 56.2 Å². The summed E-state index contributed by atoms with van der Waals surface area (Å²) in [4.78, 5) is 48.3. The number of aryl methyl sites for hydroxylation is 2. The number of methoxy groups -OCH3 is 3. The maximum Gasteiger partial charge on any atom is 0.355 e. The highest BCUT2D eigenvalue weighted by atomic mass is 16.5. The van der Waals surface area contributed by atoms with E-state index in [4.69, 9.17) is 14.2 Å². The summed E-state index contributed by atoms with van der Waals surface area (Å²) in [5.74, 6) is -2.13. The summed E-state index contributed by atoms with van der Waals surface area (Å²) in [6.07, 6.45) is 0. The molecule has 0 aromatic heterocycles. The van der Waals surface area contributed by atoms with Crippen LogP contribution < -0.4 is 14.7 Å². The van der Waals surface area contributed by atoms with Gasteiger partial charge in [-0.15, -0.1) is 0 Å². The Morgan fingerprint density at radius 3 is 1.53 bits per heavy atom. The first-order valence-corrected chi connectivity index (χ1v) is 16.0. The van der Waals surface area contributed by atoms with Crippen LogP contribution in [0.1, 0.15) is 29.2 Å². The summed E-state index contributed by atoms with van der Waals surface area (Å²) in [7, 11) is 3.87. The van der Waals surface area contributed by atoms with Crippen molar-refractivity contribution in [3.05, 3.63) is 148 Å². The Labute approximate surface area is 286 Å². The number of anilines is 3. The van der Waals surface area contributed by atoms with Gasteiger partial charge in [-0.25, -0.2) is 14.4 Å². The average Bonchev–Trinajstić information content (AvgIpc) is 3.58. The van der Waals surface area contributed by atoms with Crippen molar-refractivity contribution >= 4 is 35.0 Å². The fraction of sp³-hybridized carbons (Fsp3) is 0.225. The van der Waals surface area contributed by atoms with Crippen LogP contribution in [0.4, 0.5) is 17.1 Å². The Bertz CT molecular complexity index is 1890. The maximum absolute atomic E-state index is 14.5. The Balaban J connectivity index is 1.80. The lowest BCUT2D eigenvalue weighted by molar-refractivity contribution is -0.139. The lowest BCUT2D eigenvalue weighted by atomic mass is 9.90. The SMILES string of the molecule is COC(=O)C(C)=C1N(c2ccccc2)C(C(=O)OC)=C(C(=O)OC)C12N(Cc1ccc(C)cc1)c1ccccc1N2Cc1ccc(C)cc1. The number of rotatable bonds is 8. The van der Waals surface area contributed by atoms with Crippen molar-refractivity contribution in [2.75, 3.05) is 36.0 Å². The van der Waals surface area contributed by atoms with Crippen LogP contribution in [0.5, 0.6) is 0 Å². The van der Waals surface area contributed by atoms with Crippen molar-refractivity contribution in [2.45, 2.75) is 39.5 Å². The molecule has 0 bridgehead atoms. The molecule has 6 rings (SSSR count). The number of para-hydroxylation sites is 3.